The summed E-state index contributed by atoms with van der Waals surface area (Å²) in [5.74, 6) is -2.19. The zero-order valence-electron chi connectivity index (χ0n) is 24.8. The summed E-state index contributed by atoms with van der Waals surface area (Å²) in [6.45, 7) is 11.2. The number of ether oxygens (including phenoxy) is 2. The summed E-state index contributed by atoms with van der Waals surface area (Å²) >= 11 is 1.19. The Morgan fingerprint density at radius 2 is 1.59 bits per heavy atom. The van der Waals surface area contributed by atoms with Gasteiger partial charge < -0.3 is 20.1 Å². The summed E-state index contributed by atoms with van der Waals surface area (Å²) in [6.07, 6.45) is -1.77. The Morgan fingerprint density at radius 1 is 0.976 bits per heavy atom. The number of nitrogens with one attached hydrogen (secondary N) is 3. The molecule has 0 aliphatic carbocycles. The van der Waals surface area contributed by atoms with E-state index < -0.39 is 47.0 Å². The van der Waals surface area contributed by atoms with Crippen molar-refractivity contribution in [3.8, 4) is 0 Å². The van der Waals surface area contributed by atoms with Gasteiger partial charge in [0.05, 0.1) is 31.3 Å². The third-order valence-electron chi connectivity index (χ3n) is 6.02. The summed E-state index contributed by atoms with van der Waals surface area (Å²) in [5.41, 5.74) is 0. The van der Waals surface area contributed by atoms with Crippen molar-refractivity contribution in [3.05, 3.63) is 0 Å². The van der Waals surface area contributed by atoms with Crippen LogP contribution in [0.5, 0.6) is 0 Å². The molecule has 2 rings (SSSR count). The van der Waals surface area contributed by atoms with Crippen LogP contribution in [-0.2, 0) is 43.0 Å². The van der Waals surface area contributed by atoms with Gasteiger partial charge in [0.25, 0.3) is 11.8 Å². The summed E-state index contributed by atoms with van der Waals surface area (Å²) in [7, 11) is 0. The molecule has 0 aromatic rings. The molecule has 3 atom stereocenters. The molecule has 14 heteroatoms. The molecule has 0 radical (unpaired) electrons. The van der Waals surface area contributed by atoms with Crippen LogP contribution < -0.4 is 16.0 Å². The van der Waals surface area contributed by atoms with Gasteiger partial charge in [-0.05, 0) is 13.8 Å². The first-order valence-electron chi connectivity index (χ1n) is 14.0. The number of Topliss-reactive ketones (excluding diaryl/α,β-unsaturated/α-hetero) is 1. The van der Waals surface area contributed by atoms with Crippen LogP contribution >= 0.6 is 11.8 Å². The van der Waals surface area contributed by atoms with Gasteiger partial charge in [-0.25, -0.2) is 0 Å². The lowest BCUT2D eigenvalue weighted by Crippen LogP contribution is -2.40. The predicted octanol–water partition coefficient (Wildman–Crippen LogP) is 0.828. The van der Waals surface area contributed by atoms with Gasteiger partial charge in [0, 0.05) is 46.5 Å². The summed E-state index contributed by atoms with van der Waals surface area (Å²) in [4.78, 5) is 85.5. The van der Waals surface area contributed by atoms with Crippen molar-refractivity contribution in [2.24, 2.45) is 5.92 Å². The molecule has 6 amide bonds. The van der Waals surface area contributed by atoms with E-state index >= 15 is 0 Å². The smallest absolute Gasteiger partial charge is 0.259 e. The number of rotatable bonds is 17. The van der Waals surface area contributed by atoms with E-state index in [2.05, 4.69) is 16.0 Å². The van der Waals surface area contributed by atoms with Crippen molar-refractivity contribution >= 4 is 53.0 Å². The number of hydrogen-bond acceptors (Lipinski definition) is 10. The van der Waals surface area contributed by atoms with Crippen molar-refractivity contribution in [1.29, 1.82) is 0 Å². The van der Waals surface area contributed by atoms with Crippen LogP contribution in [0.15, 0.2) is 0 Å². The van der Waals surface area contributed by atoms with Crippen LogP contribution in [-0.4, -0.2) is 102 Å². The molecule has 0 spiro atoms. The monoisotopic (exact) mass is 604 g/mol. The van der Waals surface area contributed by atoms with E-state index in [1.54, 1.807) is 27.7 Å². The molecular weight excluding hydrogens is 556 g/mol. The van der Waals surface area contributed by atoms with Crippen molar-refractivity contribution < 1.29 is 45.9 Å². The lowest BCUT2D eigenvalue weighted by molar-refractivity contribution is -0.144. The Hall–Kier alpha value is -2.84. The minimum atomic E-state index is -0.888. The number of hydrogen-bond donors (Lipinski definition) is 3. The topological polar surface area (TPSA) is 177 Å². The van der Waals surface area contributed by atoms with Crippen molar-refractivity contribution in [2.45, 2.75) is 90.7 Å². The van der Waals surface area contributed by atoms with E-state index in [4.69, 9.17) is 9.47 Å². The van der Waals surface area contributed by atoms with Crippen LogP contribution in [0, 0.1) is 5.92 Å². The van der Waals surface area contributed by atoms with E-state index in [-0.39, 0.29) is 78.5 Å². The molecular formula is C27H48N4O9S. The third-order valence-corrected chi connectivity index (χ3v) is 7.25. The second-order valence-electron chi connectivity index (χ2n) is 9.81. The lowest BCUT2D eigenvalue weighted by atomic mass is 10.1. The van der Waals surface area contributed by atoms with E-state index in [0.29, 0.717) is 5.75 Å². The van der Waals surface area contributed by atoms with E-state index in [0.717, 1.165) is 0 Å². The highest BCUT2D eigenvalue weighted by Crippen LogP contribution is 2.19. The fourth-order valence-electron chi connectivity index (χ4n) is 3.90. The van der Waals surface area contributed by atoms with E-state index in [9.17, 15) is 33.6 Å². The Bertz CT molecular complexity index is 969. The molecule has 41 heavy (non-hydrogen) atoms. The number of nitrogens with zero attached hydrogens (tertiary/aromatic N) is 1. The van der Waals surface area contributed by atoms with Gasteiger partial charge in [-0.1, -0.05) is 27.7 Å². The lowest BCUT2D eigenvalue weighted by Gasteiger charge is -2.19. The molecule has 3 unspecified atom stereocenters. The second kappa shape index (κ2) is 18.6. The SMILES string of the molecule is CC.CC(C)C(=O)CCSC(CC(=O)NCCOC1CC(=O)N(C(C)C)C1=O)C(=O)NCCOC1CC(=O)NC1=O.[HH].[HH]. The Balaban J connectivity index is 0. The van der Waals surface area contributed by atoms with Gasteiger partial charge in [-0.3, -0.25) is 43.8 Å². The number of amides is 6. The highest BCUT2D eigenvalue weighted by Gasteiger charge is 2.40. The molecule has 2 heterocycles. The molecule has 0 bridgehead atoms. The summed E-state index contributed by atoms with van der Waals surface area (Å²) in [5, 5.41) is 6.66. The molecule has 2 fully saturated rings. The summed E-state index contributed by atoms with van der Waals surface area (Å²) in [6, 6.07) is -0.257. The Kier molecular flexibility index (Phi) is 16.4. The van der Waals surface area contributed by atoms with E-state index in [1.807, 2.05) is 13.8 Å². The second-order valence-corrected chi connectivity index (χ2v) is 11.1. The first-order valence-corrected chi connectivity index (χ1v) is 15.1. The van der Waals surface area contributed by atoms with Gasteiger partial charge in [-0.2, -0.15) is 0 Å². The maximum atomic E-state index is 12.8. The molecule has 2 aliphatic heterocycles. The quantitative estimate of drug-likeness (QED) is 0.159. The number of thioether (sulfide) groups is 1. The summed E-state index contributed by atoms with van der Waals surface area (Å²) < 4.78 is 10.8. The van der Waals surface area contributed by atoms with Crippen molar-refractivity contribution in [3.63, 3.8) is 0 Å². The standard InChI is InChI=1S/C25H38N4O9S.C2H6.2H2/c1-14(2)16(30)5-10-39-19(24(35)27-7-9-37-17-11-21(32)28-23(17)34)13-20(31)26-6-8-38-18-12-22(33)29(15(3)4)25(18)36;1-2;;/h14-15,17-19H,5-13H2,1-4H3,(H,26,31)(H,27,35)(H,28,32,34);1-2H3;2*1H. The molecule has 13 nitrogen and oxygen atoms in total. The van der Waals surface area contributed by atoms with Crippen LogP contribution in [0.1, 0.15) is 70.1 Å². The maximum Gasteiger partial charge on any atom is 0.259 e. The largest absolute Gasteiger partial charge is 0.366 e. The van der Waals surface area contributed by atoms with Gasteiger partial charge in [0.15, 0.2) is 0 Å². The maximum absolute atomic E-state index is 12.8. The molecule has 0 aromatic heterocycles. The number of ketones is 1. The minimum absolute atomic E-state index is 0. The molecule has 2 saturated heterocycles. The van der Waals surface area contributed by atoms with Crippen LogP contribution in [0.3, 0.4) is 0 Å². The highest BCUT2D eigenvalue weighted by molar-refractivity contribution is 8.00. The number of carbonyl (C=O) groups is 7. The highest BCUT2D eigenvalue weighted by atomic mass is 32.2. The number of likely N-dealkylation sites (tertiary alicyclic amines) is 1. The average Bonchev–Trinajstić information content (AvgIpc) is 3.39. The van der Waals surface area contributed by atoms with Crippen LogP contribution in [0.2, 0.25) is 0 Å². The van der Waals surface area contributed by atoms with Crippen molar-refractivity contribution in [2.75, 3.05) is 32.1 Å². The van der Waals surface area contributed by atoms with Crippen molar-refractivity contribution in [1.82, 2.24) is 20.9 Å². The fraction of sp³-hybridized carbons (Fsp3) is 0.741. The average molecular weight is 605 g/mol. The first-order chi connectivity index (χ1) is 19.4. The molecule has 236 valence electrons. The van der Waals surface area contributed by atoms with Gasteiger partial charge >= 0.3 is 0 Å². The predicted molar refractivity (Wildman–Crippen MR) is 156 cm³/mol. The van der Waals surface area contributed by atoms with Crippen LogP contribution in [0.25, 0.3) is 0 Å². The van der Waals surface area contributed by atoms with E-state index in [1.165, 1.54) is 16.7 Å². The molecule has 3 N–H and O–H groups in total. The van der Waals surface area contributed by atoms with Gasteiger partial charge in [-0.15, -0.1) is 11.8 Å². The third kappa shape index (κ3) is 12.3. The Morgan fingerprint density at radius 3 is 2.12 bits per heavy atom. The fourth-order valence-corrected chi connectivity index (χ4v) is 5.01. The molecule has 2 aliphatic rings. The van der Waals surface area contributed by atoms with Crippen LogP contribution in [0.4, 0.5) is 0 Å². The van der Waals surface area contributed by atoms with Gasteiger partial charge in [0.2, 0.25) is 23.6 Å². The normalized spacial score (nSPS) is 19.3. The zero-order chi connectivity index (χ0) is 31.1. The zero-order valence-corrected chi connectivity index (χ0v) is 25.6. The Labute approximate surface area is 248 Å². The minimum Gasteiger partial charge on any atom is -0.366 e. The van der Waals surface area contributed by atoms with Gasteiger partial charge in [0.1, 0.15) is 18.0 Å². The number of imide groups is 2. The number of carbonyl (C=O) groups excluding carboxylic acids is 7. The molecule has 0 aromatic carbocycles. The molecule has 0 saturated carbocycles. The first kappa shape index (κ1) is 36.2.